The highest BCUT2D eigenvalue weighted by molar-refractivity contribution is 8.16. The number of hydrogen-bond acceptors (Lipinski definition) is 2. The van der Waals surface area contributed by atoms with Crippen LogP contribution >= 0.6 is 23.5 Å². The lowest BCUT2D eigenvalue weighted by molar-refractivity contribution is 0.905. The molecule has 0 spiro atoms. The minimum Gasteiger partial charge on any atom is -0.151 e. The van der Waals surface area contributed by atoms with Gasteiger partial charge in [0.1, 0.15) is 0 Å². The van der Waals surface area contributed by atoms with Gasteiger partial charge in [0.05, 0.1) is 0 Å². The summed E-state index contributed by atoms with van der Waals surface area (Å²) >= 11 is 3.99. The van der Waals surface area contributed by atoms with E-state index >= 15 is 0 Å². The Morgan fingerprint density at radius 1 is 1.33 bits per heavy atom. The molecule has 0 nitrogen and oxygen atoms in total. The minimum atomic E-state index is 0.764. The molecule has 9 heavy (non-hydrogen) atoms. The van der Waals surface area contributed by atoms with Crippen molar-refractivity contribution in [1.82, 2.24) is 0 Å². The summed E-state index contributed by atoms with van der Waals surface area (Å²) in [6.45, 7) is 6.80. The van der Waals surface area contributed by atoms with Crippen molar-refractivity contribution in [3.8, 4) is 0 Å². The standard InChI is InChI=1S/C7H16S2/c1-5-6(2)9-7(3)8-4/h6-7H,5H2,1-4H3. The summed E-state index contributed by atoms with van der Waals surface area (Å²) < 4.78 is 0.764. The van der Waals surface area contributed by atoms with Crippen molar-refractivity contribution < 1.29 is 0 Å². The van der Waals surface area contributed by atoms with Crippen molar-refractivity contribution in [3.63, 3.8) is 0 Å². The molecule has 0 aromatic heterocycles. The summed E-state index contributed by atoms with van der Waals surface area (Å²) in [6, 6.07) is 0. The van der Waals surface area contributed by atoms with Gasteiger partial charge in [0.2, 0.25) is 0 Å². The highest BCUT2D eigenvalue weighted by atomic mass is 32.2. The van der Waals surface area contributed by atoms with Gasteiger partial charge in [0.25, 0.3) is 0 Å². The van der Waals surface area contributed by atoms with Gasteiger partial charge in [-0.25, -0.2) is 0 Å². The van der Waals surface area contributed by atoms with Crippen LogP contribution < -0.4 is 0 Å². The summed E-state index contributed by atoms with van der Waals surface area (Å²) in [7, 11) is 0. The van der Waals surface area contributed by atoms with Gasteiger partial charge >= 0.3 is 0 Å². The largest absolute Gasteiger partial charge is 0.151 e. The number of thioether (sulfide) groups is 2. The Bertz CT molecular complexity index is 55.9. The Labute approximate surface area is 67.2 Å². The fraction of sp³-hybridized carbons (Fsp3) is 1.00. The molecule has 0 aromatic carbocycles. The summed E-state index contributed by atoms with van der Waals surface area (Å²) in [5.74, 6) is 0. The maximum Gasteiger partial charge on any atom is 0.0474 e. The predicted molar refractivity (Wildman–Crippen MR) is 50.3 cm³/mol. The smallest absolute Gasteiger partial charge is 0.0474 e. The van der Waals surface area contributed by atoms with Crippen LogP contribution in [0.5, 0.6) is 0 Å². The zero-order valence-electron chi connectivity index (χ0n) is 6.68. The third-order valence-electron chi connectivity index (χ3n) is 1.33. The SMILES string of the molecule is CCC(C)SC(C)SC. The van der Waals surface area contributed by atoms with Crippen LogP contribution in [0.15, 0.2) is 0 Å². The van der Waals surface area contributed by atoms with Crippen LogP contribution in [-0.2, 0) is 0 Å². The summed E-state index contributed by atoms with van der Waals surface area (Å²) in [5.41, 5.74) is 0. The molecule has 0 fully saturated rings. The van der Waals surface area contributed by atoms with Crippen molar-refractivity contribution in [3.05, 3.63) is 0 Å². The lowest BCUT2D eigenvalue weighted by Gasteiger charge is -2.12. The lowest BCUT2D eigenvalue weighted by atomic mass is 10.4. The molecule has 0 rings (SSSR count). The molecule has 2 unspecified atom stereocenters. The van der Waals surface area contributed by atoms with Crippen LogP contribution in [0.2, 0.25) is 0 Å². The summed E-state index contributed by atoms with van der Waals surface area (Å²) in [4.78, 5) is 0. The zero-order valence-corrected chi connectivity index (χ0v) is 8.31. The zero-order chi connectivity index (χ0) is 7.28. The Hall–Kier alpha value is 0.700. The van der Waals surface area contributed by atoms with E-state index in [1.54, 1.807) is 0 Å². The first-order valence-corrected chi connectivity index (χ1v) is 5.62. The van der Waals surface area contributed by atoms with E-state index in [1.807, 2.05) is 11.8 Å². The molecule has 0 aliphatic carbocycles. The van der Waals surface area contributed by atoms with Crippen molar-refractivity contribution in [2.75, 3.05) is 6.26 Å². The second-order valence-electron chi connectivity index (χ2n) is 2.16. The van der Waals surface area contributed by atoms with E-state index in [9.17, 15) is 0 Å². The molecule has 0 N–H and O–H groups in total. The van der Waals surface area contributed by atoms with Gasteiger partial charge in [0, 0.05) is 9.83 Å². The highest BCUT2D eigenvalue weighted by Crippen LogP contribution is 2.26. The third kappa shape index (κ3) is 5.16. The van der Waals surface area contributed by atoms with Crippen LogP contribution in [-0.4, -0.2) is 16.1 Å². The quantitative estimate of drug-likeness (QED) is 0.585. The average molecular weight is 164 g/mol. The van der Waals surface area contributed by atoms with Crippen molar-refractivity contribution >= 4 is 23.5 Å². The van der Waals surface area contributed by atoms with Crippen LogP contribution in [0.1, 0.15) is 27.2 Å². The Morgan fingerprint density at radius 2 is 1.89 bits per heavy atom. The first-order valence-electron chi connectivity index (χ1n) is 3.39. The van der Waals surface area contributed by atoms with E-state index in [0.29, 0.717) is 0 Å². The van der Waals surface area contributed by atoms with E-state index in [2.05, 4.69) is 38.8 Å². The van der Waals surface area contributed by atoms with E-state index in [1.165, 1.54) is 6.42 Å². The monoisotopic (exact) mass is 164 g/mol. The number of rotatable bonds is 4. The predicted octanol–water partition coefficient (Wildman–Crippen LogP) is 3.23. The molecular weight excluding hydrogens is 148 g/mol. The maximum atomic E-state index is 2.29. The second kappa shape index (κ2) is 5.48. The van der Waals surface area contributed by atoms with Crippen molar-refractivity contribution in [2.24, 2.45) is 0 Å². The minimum absolute atomic E-state index is 0.764. The van der Waals surface area contributed by atoms with Crippen LogP contribution in [0.3, 0.4) is 0 Å². The summed E-state index contributed by atoms with van der Waals surface area (Å²) in [5, 5.41) is 0.826. The molecule has 56 valence electrons. The van der Waals surface area contributed by atoms with Gasteiger partial charge in [-0.05, 0) is 19.6 Å². The normalized spacial score (nSPS) is 17.3. The van der Waals surface area contributed by atoms with Gasteiger partial charge in [-0.2, -0.15) is 11.8 Å². The molecule has 0 saturated carbocycles. The van der Waals surface area contributed by atoms with Gasteiger partial charge in [-0.3, -0.25) is 0 Å². The Morgan fingerprint density at radius 3 is 2.22 bits per heavy atom. The van der Waals surface area contributed by atoms with Crippen molar-refractivity contribution in [1.29, 1.82) is 0 Å². The summed E-state index contributed by atoms with van der Waals surface area (Å²) in [6.07, 6.45) is 3.45. The van der Waals surface area contributed by atoms with Gasteiger partial charge in [-0.15, -0.1) is 11.8 Å². The van der Waals surface area contributed by atoms with E-state index in [0.717, 1.165) is 9.83 Å². The lowest BCUT2D eigenvalue weighted by Crippen LogP contribution is -1.98. The molecule has 0 aliphatic heterocycles. The number of hydrogen-bond donors (Lipinski definition) is 0. The van der Waals surface area contributed by atoms with Gasteiger partial charge in [0.15, 0.2) is 0 Å². The fourth-order valence-corrected chi connectivity index (χ4v) is 2.34. The van der Waals surface area contributed by atoms with Gasteiger partial charge in [-0.1, -0.05) is 13.8 Å². The van der Waals surface area contributed by atoms with E-state index in [-0.39, 0.29) is 0 Å². The first kappa shape index (κ1) is 9.70. The molecule has 0 amide bonds. The van der Waals surface area contributed by atoms with Crippen LogP contribution in [0.25, 0.3) is 0 Å². The van der Waals surface area contributed by atoms with Gasteiger partial charge < -0.3 is 0 Å². The second-order valence-corrected chi connectivity index (χ2v) is 5.42. The van der Waals surface area contributed by atoms with Crippen LogP contribution in [0, 0.1) is 0 Å². The molecule has 0 radical (unpaired) electrons. The molecule has 0 bridgehead atoms. The molecule has 0 saturated heterocycles. The average Bonchev–Trinajstić information content (AvgIpc) is 1.87. The molecule has 0 heterocycles. The highest BCUT2D eigenvalue weighted by Gasteiger charge is 2.04. The maximum absolute atomic E-state index is 2.29. The van der Waals surface area contributed by atoms with Crippen molar-refractivity contribution in [2.45, 2.75) is 37.0 Å². The topological polar surface area (TPSA) is 0 Å². The van der Waals surface area contributed by atoms with E-state index < -0.39 is 0 Å². The molecule has 0 aromatic rings. The molecule has 2 atom stereocenters. The molecule has 2 heteroatoms. The third-order valence-corrected chi connectivity index (χ3v) is 4.09. The molecule has 0 aliphatic rings. The fourth-order valence-electron chi connectivity index (χ4n) is 0.479. The molecular formula is C7H16S2. The van der Waals surface area contributed by atoms with Crippen LogP contribution in [0.4, 0.5) is 0 Å². The Kier molecular flexibility index (Phi) is 5.91. The first-order chi connectivity index (χ1) is 4.20. The Balaban J connectivity index is 3.22. The van der Waals surface area contributed by atoms with E-state index in [4.69, 9.17) is 0 Å².